The van der Waals surface area contributed by atoms with Crippen LogP contribution in [0.5, 0.6) is 0 Å². The molecule has 1 rings (SSSR count). The standard InChI is InChI=1S/C10H13ClN2O/c1-6-8(11)4-3-5-9(6)13-7(2)10(12)14/h3-5,7,13H,1-2H3,(H2,12,14)/t7-/m1/s1. The van der Waals surface area contributed by atoms with Gasteiger partial charge in [-0.25, -0.2) is 0 Å². The zero-order valence-electron chi connectivity index (χ0n) is 8.17. The van der Waals surface area contributed by atoms with E-state index in [9.17, 15) is 4.79 Å². The van der Waals surface area contributed by atoms with Gasteiger partial charge in [-0.1, -0.05) is 17.7 Å². The Labute approximate surface area is 88.2 Å². The maximum Gasteiger partial charge on any atom is 0.239 e. The first-order chi connectivity index (χ1) is 6.52. The van der Waals surface area contributed by atoms with Crippen molar-refractivity contribution in [3.05, 3.63) is 28.8 Å². The lowest BCUT2D eigenvalue weighted by Crippen LogP contribution is -2.32. The number of benzene rings is 1. The average Bonchev–Trinajstić information content (AvgIpc) is 2.12. The molecule has 0 heterocycles. The van der Waals surface area contributed by atoms with Crippen molar-refractivity contribution >= 4 is 23.2 Å². The van der Waals surface area contributed by atoms with Crippen LogP contribution >= 0.6 is 11.6 Å². The van der Waals surface area contributed by atoms with Crippen molar-refractivity contribution in [3.63, 3.8) is 0 Å². The van der Waals surface area contributed by atoms with Gasteiger partial charge in [0.15, 0.2) is 0 Å². The van der Waals surface area contributed by atoms with E-state index < -0.39 is 6.04 Å². The molecule has 0 unspecified atom stereocenters. The van der Waals surface area contributed by atoms with Gasteiger partial charge < -0.3 is 11.1 Å². The maximum atomic E-state index is 10.8. The van der Waals surface area contributed by atoms with Gasteiger partial charge in [0.2, 0.25) is 5.91 Å². The van der Waals surface area contributed by atoms with Crippen LogP contribution < -0.4 is 11.1 Å². The molecular formula is C10H13ClN2O. The molecule has 0 spiro atoms. The molecule has 0 radical (unpaired) electrons. The monoisotopic (exact) mass is 212 g/mol. The summed E-state index contributed by atoms with van der Waals surface area (Å²) < 4.78 is 0. The summed E-state index contributed by atoms with van der Waals surface area (Å²) in [5.41, 5.74) is 6.89. The first-order valence-electron chi connectivity index (χ1n) is 4.33. The fraction of sp³-hybridized carbons (Fsp3) is 0.300. The highest BCUT2D eigenvalue weighted by atomic mass is 35.5. The largest absolute Gasteiger partial charge is 0.374 e. The van der Waals surface area contributed by atoms with E-state index in [2.05, 4.69) is 5.32 Å². The van der Waals surface area contributed by atoms with Gasteiger partial charge in [-0.3, -0.25) is 4.79 Å². The molecule has 1 aromatic rings. The molecule has 3 N–H and O–H groups in total. The summed E-state index contributed by atoms with van der Waals surface area (Å²) in [6.07, 6.45) is 0. The summed E-state index contributed by atoms with van der Waals surface area (Å²) >= 11 is 5.92. The Bertz CT molecular complexity index is 352. The van der Waals surface area contributed by atoms with Crippen molar-refractivity contribution in [2.24, 2.45) is 5.73 Å². The summed E-state index contributed by atoms with van der Waals surface area (Å²) in [6, 6.07) is 5.09. The predicted molar refractivity (Wildman–Crippen MR) is 58.5 cm³/mol. The van der Waals surface area contributed by atoms with E-state index in [0.29, 0.717) is 5.02 Å². The van der Waals surface area contributed by atoms with Gasteiger partial charge in [-0.05, 0) is 31.5 Å². The third-order valence-corrected chi connectivity index (χ3v) is 2.48. The minimum atomic E-state index is -0.396. The molecule has 3 nitrogen and oxygen atoms in total. The highest BCUT2D eigenvalue weighted by Gasteiger charge is 2.09. The molecule has 1 amide bonds. The zero-order valence-corrected chi connectivity index (χ0v) is 8.93. The second-order valence-electron chi connectivity index (χ2n) is 3.18. The molecule has 0 aliphatic heterocycles. The summed E-state index contributed by atoms with van der Waals surface area (Å²) in [6.45, 7) is 3.60. The third-order valence-electron chi connectivity index (χ3n) is 2.07. The maximum absolute atomic E-state index is 10.8. The molecule has 0 fully saturated rings. The smallest absolute Gasteiger partial charge is 0.239 e. The minimum absolute atomic E-state index is 0.385. The quantitative estimate of drug-likeness (QED) is 0.805. The summed E-state index contributed by atoms with van der Waals surface area (Å²) in [7, 11) is 0. The number of hydrogen-bond donors (Lipinski definition) is 2. The van der Waals surface area contributed by atoms with E-state index in [4.69, 9.17) is 17.3 Å². The number of rotatable bonds is 3. The molecular weight excluding hydrogens is 200 g/mol. The fourth-order valence-electron chi connectivity index (χ4n) is 1.07. The van der Waals surface area contributed by atoms with Crippen LogP contribution in [0.4, 0.5) is 5.69 Å². The Balaban J connectivity index is 2.87. The molecule has 0 aromatic heterocycles. The molecule has 1 atom stereocenters. The molecule has 0 bridgehead atoms. The lowest BCUT2D eigenvalue weighted by molar-refractivity contribution is -0.118. The molecule has 0 saturated heterocycles. The van der Waals surface area contributed by atoms with Crippen LogP contribution in [0.15, 0.2) is 18.2 Å². The van der Waals surface area contributed by atoms with E-state index in [0.717, 1.165) is 11.3 Å². The number of nitrogens with two attached hydrogens (primary N) is 1. The van der Waals surface area contributed by atoms with Crippen molar-refractivity contribution < 1.29 is 4.79 Å². The topological polar surface area (TPSA) is 55.1 Å². The number of carbonyl (C=O) groups is 1. The highest BCUT2D eigenvalue weighted by Crippen LogP contribution is 2.23. The van der Waals surface area contributed by atoms with Crippen LogP contribution in [0.1, 0.15) is 12.5 Å². The van der Waals surface area contributed by atoms with Gasteiger partial charge in [-0.15, -0.1) is 0 Å². The highest BCUT2D eigenvalue weighted by molar-refractivity contribution is 6.31. The third kappa shape index (κ3) is 2.39. The Kier molecular flexibility index (Phi) is 3.36. The molecule has 0 saturated carbocycles. The van der Waals surface area contributed by atoms with Gasteiger partial charge in [0.25, 0.3) is 0 Å². The molecule has 14 heavy (non-hydrogen) atoms. The number of primary amides is 1. The fourth-order valence-corrected chi connectivity index (χ4v) is 1.24. The number of halogens is 1. The van der Waals surface area contributed by atoms with E-state index in [1.165, 1.54) is 0 Å². The number of anilines is 1. The van der Waals surface area contributed by atoms with Gasteiger partial charge >= 0.3 is 0 Å². The number of amides is 1. The van der Waals surface area contributed by atoms with E-state index in [1.807, 2.05) is 19.1 Å². The first-order valence-corrected chi connectivity index (χ1v) is 4.71. The molecule has 1 aromatic carbocycles. The zero-order chi connectivity index (χ0) is 10.7. The normalized spacial score (nSPS) is 12.2. The SMILES string of the molecule is Cc1c(Cl)cccc1N[C@H](C)C(N)=O. The number of hydrogen-bond acceptors (Lipinski definition) is 2. The van der Waals surface area contributed by atoms with Gasteiger partial charge in [0, 0.05) is 10.7 Å². The first kappa shape index (κ1) is 10.9. The molecule has 4 heteroatoms. The summed E-state index contributed by atoms with van der Waals surface area (Å²) in [5, 5.41) is 3.66. The van der Waals surface area contributed by atoms with Crippen LogP contribution in [0.25, 0.3) is 0 Å². The second-order valence-corrected chi connectivity index (χ2v) is 3.59. The molecule has 0 aliphatic rings. The van der Waals surface area contributed by atoms with Crippen molar-refractivity contribution in [2.45, 2.75) is 19.9 Å². The van der Waals surface area contributed by atoms with Gasteiger partial charge in [-0.2, -0.15) is 0 Å². The van der Waals surface area contributed by atoms with Crippen molar-refractivity contribution in [3.8, 4) is 0 Å². The van der Waals surface area contributed by atoms with Crippen molar-refractivity contribution in [2.75, 3.05) is 5.32 Å². The Morgan fingerprint density at radius 2 is 2.21 bits per heavy atom. The van der Waals surface area contributed by atoms with Gasteiger partial charge in [0.1, 0.15) is 6.04 Å². The molecule has 76 valence electrons. The van der Waals surface area contributed by atoms with Gasteiger partial charge in [0.05, 0.1) is 0 Å². The van der Waals surface area contributed by atoms with E-state index in [1.54, 1.807) is 13.0 Å². The van der Waals surface area contributed by atoms with Crippen LogP contribution in [0, 0.1) is 6.92 Å². The van der Waals surface area contributed by atoms with Crippen molar-refractivity contribution in [1.29, 1.82) is 0 Å². The Morgan fingerprint density at radius 1 is 1.57 bits per heavy atom. The Morgan fingerprint density at radius 3 is 2.79 bits per heavy atom. The minimum Gasteiger partial charge on any atom is -0.374 e. The number of carbonyl (C=O) groups excluding carboxylic acids is 1. The predicted octanol–water partition coefficient (Wildman–Crippen LogP) is 1.93. The van der Waals surface area contributed by atoms with Crippen LogP contribution in [-0.4, -0.2) is 11.9 Å². The lowest BCUT2D eigenvalue weighted by Gasteiger charge is -2.14. The Hall–Kier alpha value is -1.22. The average molecular weight is 213 g/mol. The van der Waals surface area contributed by atoms with Crippen LogP contribution in [-0.2, 0) is 4.79 Å². The van der Waals surface area contributed by atoms with Crippen molar-refractivity contribution in [1.82, 2.24) is 0 Å². The van der Waals surface area contributed by atoms with Crippen LogP contribution in [0.3, 0.4) is 0 Å². The van der Waals surface area contributed by atoms with E-state index >= 15 is 0 Å². The number of nitrogens with one attached hydrogen (secondary N) is 1. The van der Waals surface area contributed by atoms with Crippen LogP contribution in [0.2, 0.25) is 5.02 Å². The summed E-state index contributed by atoms with van der Waals surface area (Å²) in [4.78, 5) is 10.8. The summed E-state index contributed by atoms with van der Waals surface area (Å²) in [5.74, 6) is -0.385. The molecule has 0 aliphatic carbocycles. The van der Waals surface area contributed by atoms with E-state index in [-0.39, 0.29) is 5.91 Å². The second kappa shape index (κ2) is 4.33. The lowest BCUT2D eigenvalue weighted by atomic mass is 10.2.